The molecule has 2 unspecified atom stereocenters. The molecular weight excluding hydrogens is 275 g/mol. The first-order chi connectivity index (χ1) is 9.56. The second kappa shape index (κ2) is 8.01. The molecule has 0 radical (unpaired) electrons. The summed E-state index contributed by atoms with van der Waals surface area (Å²) >= 11 is 0. The van der Waals surface area contributed by atoms with Gasteiger partial charge in [0.1, 0.15) is 11.5 Å². The number of ether oxygens (including phenoxy) is 2. The molecule has 0 N–H and O–H groups in total. The van der Waals surface area contributed by atoms with Crippen molar-refractivity contribution in [2.24, 2.45) is 0 Å². The molecule has 0 bridgehead atoms. The number of hydrogen-bond donors (Lipinski definition) is 0. The summed E-state index contributed by atoms with van der Waals surface area (Å²) in [5, 5.41) is 0. The number of carbonyl (C=O) groups is 1. The maximum absolute atomic E-state index is 12.5. The second-order valence-electron chi connectivity index (χ2n) is 4.38. The quantitative estimate of drug-likeness (QED) is 0.673. The zero-order valence-electron chi connectivity index (χ0n) is 12.5. The van der Waals surface area contributed by atoms with Gasteiger partial charge in [-0.3, -0.25) is 0 Å². The third-order valence-corrected chi connectivity index (χ3v) is 4.78. The molecule has 0 saturated heterocycles. The first-order valence-electron chi connectivity index (χ1n) is 6.96. The summed E-state index contributed by atoms with van der Waals surface area (Å²) in [5.41, 5.74) is -0.235. The Balaban J connectivity index is 3.24. The Labute approximate surface area is 121 Å². The lowest BCUT2D eigenvalue weighted by molar-refractivity contribution is 0.107. The van der Waals surface area contributed by atoms with Gasteiger partial charge < -0.3 is 9.47 Å². The summed E-state index contributed by atoms with van der Waals surface area (Å²) in [6.07, 6.45) is 0.696. The highest BCUT2D eigenvalue weighted by molar-refractivity contribution is 7.65. The summed E-state index contributed by atoms with van der Waals surface area (Å²) in [4.78, 5) is 12.5. The number of hydrogen-bond acceptors (Lipinski definition) is 4. The van der Waals surface area contributed by atoms with Crippen molar-refractivity contribution in [3.05, 3.63) is 23.8 Å². The minimum absolute atomic E-state index is 0.151. The molecule has 1 aromatic rings. The second-order valence-corrected chi connectivity index (χ2v) is 6.32. The van der Waals surface area contributed by atoms with Crippen LogP contribution in [-0.4, -0.2) is 24.4 Å². The van der Waals surface area contributed by atoms with E-state index in [1.54, 1.807) is 18.2 Å². The van der Waals surface area contributed by atoms with Crippen LogP contribution < -0.4 is 9.47 Å². The van der Waals surface area contributed by atoms with E-state index in [4.69, 9.17) is 9.47 Å². The molecule has 0 fully saturated rings. The van der Waals surface area contributed by atoms with Gasteiger partial charge in [0.15, 0.2) is 11.2 Å². The fourth-order valence-corrected chi connectivity index (χ4v) is 2.92. The fourth-order valence-electron chi connectivity index (χ4n) is 1.75. The van der Waals surface area contributed by atoms with E-state index in [1.807, 2.05) is 27.7 Å². The van der Waals surface area contributed by atoms with Crippen molar-refractivity contribution in [2.45, 2.75) is 39.8 Å². The van der Waals surface area contributed by atoms with Crippen LogP contribution in [0.1, 0.15) is 44.5 Å². The Morgan fingerprint density at radius 2 is 1.65 bits per heavy atom. The summed E-state index contributed by atoms with van der Waals surface area (Å²) in [5.74, 6) is 0.880. The van der Waals surface area contributed by atoms with Gasteiger partial charge in [0.05, 0.1) is 13.2 Å². The van der Waals surface area contributed by atoms with E-state index >= 15 is 0 Å². The van der Waals surface area contributed by atoms with Crippen molar-refractivity contribution < 1.29 is 18.8 Å². The summed E-state index contributed by atoms with van der Waals surface area (Å²) < 4.78 is 23.2. The smallest absolute Gasteiger partial charge is 0.423 e. The van der Waals surface area contributed by atoms with Gasteiger partial charge in [0.2, 0.25) is 0 Å². The maximum Gasteiger partial charge on any atom is 0.423 e. The highest BCUT2D eigenvalue weighted by Gasteiger charge is 2.39. The minimum Gasteiger partial charge on any atom is -0.493 e. The molecule has 1 aromatic carbocycles. The molecule has 0 spiro atoms. The molecule has 5 heteroatoms. The van der Waals surface area contributed by atoms with Crippen molar-refractivity contribution in [1.29, 1.82) is 0 Å². The van der Waals surface area contributed by atoms with Crippen LogP contribution in [-0.2, 0) is 4.57 Å². The fraction of sp³-hybridized carbons (Fsp3) is 0.533. The van der Waals surface area contributed by atoms with Gasteiger partial charge in [-0.15, -0.1) is 0 Å². The summed E-state index contributed by atoms with van der Waals surface area (Å²) in [6.45, 7) is 8.31. The van der Waals surface area contributed by atoms with Crippen molar-refractivity contribution >= 4 is 13.3 Å². The number of rotatable bonds is 8. The highest BCUT2D eigenvalue weighted by Crippen LogP contribution is 2.41. The van der Waals surface area contributed by atoms with Gasteiger partial charge in [-0.05, 0) is 39.3 Å². The van der Waals surface area contributed by atoms with Crippen molar-refractivity contribution in [3.63, 3.8) is 0 Å². The van der Waals surface area contributed by atoms with E-state index in [0.29, 0.717) is 36.7 Å². The molecule has 110 valence electrons. The largest absolute Gasteiger partial charge is 0.493 e. The molecule has 0 aliphatic carbocycles. The summed E-state index contributed by atoms with van der Waals surface area (Å²) in [6, 6.07) is 5.18. The van der Waals surface area contributed by atoms with Crippen LogP contribution in [0.4, 0.5) is 0 Å². The van der Waals surface area contributed by atoms with E-state index in [2.05, 4.69) is 0 Å². The number of benzene rings is 1. The molecule has 0 aliphatic rings. The Bertz CT molecular complexity index is 461. The first-order valence-corrected chi connectivity index (χ1v) is 8.28. The third-order valence-electron chi connectivity index (χ3n) is 2.99. The van der Waals surface area contributed by atoms with E-state index < -0.39 is 7.80 Å². The third kappa shape index (κ3) is 3.80. The Hall–Kier alpha value is -1.41. The lowest BCUT2D eigenvalue weighted by Gasteiger charge is -2.11. The molecule has 20 heavy (non-hydrogen) atoms. The molecular formula is C15H22O4P+. The van der Waals surface area contributed by atoms with Crippen LogP contribution in [0.5, 0.6) is 11.5 Å². The van der Waals surface area contributed by atoms with Gasteiger partial charge in [0, 0.05) is 0 Å². The lowest BCUT2D eigenvalue weighted by Crippen LogP contribution is -2.08. The standard InChI is InChI=1S/C15H22O4P/c1-5-11(4)20(17)15(16)14-12(18-6-2)9-8-10-13(14)19-7-3/h8-11H,5-7H2,1-4H3/q+1. The zero-order chi connectivity index (χ0) is 15.1. The Morgan fingerprint density at radius 1 is 1.15 bits per heavy atom. The molecule has 0 saturated carbocycles. The van der Waals surface area contributed by atoms with Gasteiger partial charge in [0.25, 0.3) is 0 Å². The van der Waals surface area contributed by atoms with Crippen LogP contribution in [0, 0.1) is 0 Å². The predicted octanol–water partition coefficient (Wildman–Crippen LogP) is 4.25. The highest BCUT2D eigenvalue weighted by atomic mass is 31.1. The maximum atomic E-state index is 12.5. The lowest BCUT2D eigenvalue weighted by atomic mass is 10.2. The molecule has 1 rings (SSSR count). The molecule has 4 nitrogen and oxygen atoms in total. The van der Waals surface area contributed by atoms with Crippen LogP contribution in [0.15, 0.2) is 18.2 Å². The van der Waals surface area contributed by atoms with Crippen LogP contribution in [0.25, 0.3) is 0 Å². The predicted molar refractivity (Wildman–Crippen MR) is 80.5 cm³/mol. The average Bonchev–Trinajstić information content (AvgIpc) is 2.46. The molecule has 0 aliphatic heterocycles. The minimum atomic E-state index is -1.98. The van der Waals surface area contributed by atoms with E-state index in [0.717, 1.165) is 0 Å². The molecule has 0 heterocycles. The molecule has 2 atom stereocenters. The zero-order valence-corrected chi connectivity index (χ0v) is 13.4. The van der Waals surface area contributed by atoms with Crippen LogP contribution in [0.3, 0.4) is 0 Å². The van der Waals surface area contributed by atoms with E-state index in [-0.39, 0.29) is 11.2 Å². The van der Waals surface area contributed by atoms with Gasteiger partial charge in [-0.25, -0.2) is 4.79 Å². The normalized spacial score (nSPS) is 12.7. The first kappa shape index (κ1) is 16.6. The monoisotopic (exact) mass is 297 g/mol. The molecule has 0 amide bonds. The topological polar surface area (TPSA) is 52.6 Å². The van der Waals surface area contributed by atoms with Crippen molar-refractivity contribution in [1.82, 2.24) is 0 Å². The van der Waals surface area contributed by atoms with Crippen molar-refractivity contribution in [3.8, 4) is 11.5 Å². The van der Waals surface area contributed by atoms with Gasteiger partial charge in [-0.1, -0.05) is 17.6 Å². The number of carbonyl (C=O) groups excluding carboxylic acids is 1. The summed E-state index contributed by atoms with van der Waals surface area (Å²) in [7, 11) is -1.98. The molecule has 0 aromatic heterocycles. The average molecular weight is 297 g/mol. The Morgan fingerprint density at radius 3 is 2.05 bits per heavy atom. The van der Waals surface area contributed by atoms with E-state index in [1.165, 1.54) is 0 Å². The SMILES string of the molecule is CCOc1cccc(OCC)c1C(=O)[P+](=O)C(C)CC. The Kier molecular flexibility index (Phi) is 6.66. The van der Waals surface area contributed by atoms with Crippen molar-refractivity contribution in [2.75, 3.05) is 13.2 Å². The van der Waals surface area contributed by atoms with Gasteiger partial charge in [-0.2, -0.15) is 0 Å². The van der Waals surface area contributed by atoms with Crippen LogP contribution >= 0.6 is 7.80 Å². The van der Waals surface area contributed by atoms with Crippen LogP contribution in [0.2, 0.25) is 0 Å². The van der Waals surface area contributed by atoms with E-state index in [9.17, 15) is 9.36 Å². The van der Waals surface area contributed by atoms with Gasteiger partial charge >= 0.3 is 13.3 Å².